The summed E-state index contributed by atoms with van der Waals surface area (Å²) in [6, 6.07) is 63.0. The lowest BCUT2D eigenvalue weighted by molar-refractivity contribution is -0.153. The summed E-state index contributed by atoms with van der Waals surface area (Å²) in [7, 11) is -7.44. The van der Waals surface area contributed by atoms with E-state index in [4.69, 9.17) is 34.5 Å². The number of carboxylic acid groups (broad SMARTS) is 2. The number of carboxylic acids is 2. The zero-order valence-electron chi connectivity index (χ0n) is 79.1. The molecule has 0 aliphatic carbocycles. The van der Waals surface area contributed by atoms with E-state index in [0.717, 1.165) is 65.2 Å². The predicted molar refractivity (Wildman–Crippen MR) is 547 cm³/mol. The quantitative estimate of drug-likeness (QED) is 0.00371. The van der Waals surface area contributed by atoms with Crippen molar-refractivity contribution in [3.8, 4) is 23.0 Å². The zero-order chi connectivity index (χ0) is 102. The Morgan fingerprint density at radius 1 is 0.581 bits per heavy atom. The third-order valence-corrected chi connectivity index (χ3v) is 28.3. The van der Waals surface area contributed by atoms with Gasteiger partial charge in [0, 0.05) is 54.0 Å². The van der Waals surface area contributed by atoms with Crippen molar-refractivity contribution in [3.63, 3.8) is 0 Å². The molecule has 0 aromatic heterocycles. The number of carbonyl (C=O) groups excluding carboxylic acids is 8. The van der Waals surface area contributed by atoms with Gasteiger partial charge in [0.1, 0.15) is 51.8 Å². The maximum Gasteiger partial charge on any atom is 0.584 e. The topological polar surface area (TPSA) is 373 Å². The molecule has 136 heavy (non-hydrogen) atoms. The summed E-state index contributed by atoms with van der Waals surface area (Å²) < 4.78 is 97.1. The van der Waals surface area contributed by atoms with Gasteiger partial charge in [-0.05, 0) is 232 Å². The molecular weight excluding hydrogens is 2130 g/mol. The van der Waals surface area contributed by atoms with Crippen LogP contribution in [0.4, 0.5) is 30.2 Å². The number of anilines is 3. The number of phosphoric ester groups is 1. The third kappa shape index (κ3) is 32.3. The van der Waals surface area contributed by atoms with Gasteiger partial charge in [-0.1, -0.05) is 242 Å². The van der Waals surface area contributed by atoms with Crippen LogP contribution < -0.4 is 34.9 Å². The lowest BCUT2D eigenvalue weighted by Crippen LogP contribution is -2.47. The first kappa shape index (κ1) is 114. The number of likely N-dealkylation sites (tertiary alicyclic amines) is 1. The van der Waals surface area contributed by atoms with Crippen LogP contribution in [0, 0.1) is 35.1 Å². The Morgan fingerprint density at radius 2 is 1.07 bits per heavy atom. The van der Waals surface area contributed by atoms with Crippen LogP contribution in [0.15, 0.2) is 217 Å². The highest BCUT2D eigenvalue weighted by Crippen LogP contribution is 2.46. The number of nitrogens with two attached hydrogens (primary N) is 1. The third-order valence-electron chi connectivity index (χ3n) is 23.0. The number of amides is 4. The smallest absolute Gasteiger partial charge is 0.493 e. The number of benzene rings is 10. The summed E-state index contributed by atoms with van der Waals surface area (Å²) >= 11 is 5.98. The molecule has 2 aliphatic rings. The van der Waals surface area contributed by atoms with Crippen LogP contribution in [0.2, 0.25) is 0 Å². The fraction of sp³-hybridized carbons (Fsp3) is 0.327. The van der Waals surface area contributed by atoms with Crippen LogP contribution in [-0.4, -0.2) is 106 Å². The fourth-order valence-corrected chi connectivity index (χ4v) is 19.6. The molecule has 0 spiro atoms. The van der Waals surface area contributed by atoms with E-state index in [2.05, 4.69) is 147 Å². The molecule has 2 heterocycles. The molecule has 0 saturated carbocycles. The van der Waals surface area contributed by atoms with Crippen molar-refractivity contribution in [1.82, 2.24) is 4.90 Å². The molecule has 2 atom stereocenters. The lowest BCUT2D eigenvalue weighted by atomic mass is 9.76. The summed E-state index contributed by atoms with van der Waals surface area (Å²) in [5.41, 5.74) is 11.6. The number of ether oxygens (including phenoxy) is 2. The number of piperidine rings is 1. The summed E-state index contributed by atoms with van der Waals surface area (Å²) in [4.78, 5) is 127. The van der Waals surface area contributed by atoms with E-state index in [9.17, 15) is 79.0 Å². The number of hydrogen-bond donors (Lipinski definition) is 6. The van der Waals surface area contributed by atoms with Crippen molar-refractivity contribution >= 4 is 161 Å². The molecule has 12 rings (SSSR count). The van der Waals surface area contributed by atoms with Gasteiger partial charge in [0.15, 0.2) is 44.9 Å². The average Bonchev–Trinajstić information content (AvgIpc) is 1.72. The SMILES string of the molecule is CC(=O)Nc1c(I)cc(I)c(C(=O)O)c1I.CCC(C)(C)c1ccc(OCCCC(C)=O)c(C(C)(C)CC)c1.CCC(Oc1ccc(C(C)(C)CC)cc1C(C)(C)CC)C(=O)Nc1cccc(C(C)=O)c1.Cc1c(N)c(F)c(F)c(C(=O)O)c1F.O=C1CC(=O)N(Cc2ccccc2)C(=O)C1c1ccccc1.O=C1CS(=O)(=O)c2ccccc21.O=P(O)(Oc1ccccc1)Oc1ccccc1. The van der Waals surface area contributed by atoms with Gasteiger partial charge in [0.2, 0.25) is 17.7 Å². The lowest BCUT2D eigenvalue weighted by Gasteiger charge is -2.31. The number of aromatic carboxylic acids is 2. The zero-order valence-corrected chi connectivity index (χ0v) is 87.3. The minimum atomic E-state index is -4.14. The molecule has 7 N–H and O–H groups in total. The number of para-hydroxylation sites is 2. The van der Waals surface area contributed by atoms with Crippen molar-refractivity contribution in [2.75, 3.05) is 28.7 Å². The summed E-state index contributed by atoms with van der Waals surface area (Å²) in [5.74, 6) is -8.21. The van der Waals surface area contributed by atoms with Crippen molar-refractivity contribution in [2.24, 2.45) is 0 Å². The Labute approximate surface area is 834 Å². The second-order valence-electron chi connectivity index (χ2n) is 34.5. The Bertz CT molecular complexity index is 6040. The van der Waals surface area contributed by atoms with Gasteiger partial charge in [-0.3, -0.25) is 43.4 Å². The van der Waals surface area contributed by atoms with Crippen LogP contribution in [0.25, 0.3) is 0 Å². The van der Waals surface area contributed by atoms with Gasteiger partial charge in [-0.15, -0.1) is 0 Å². The van der Waals surface area contributed by atoms with E-state index < -0.39 is 87.7 Å². The van der Waals surface area contributed by atoms with E-state index in [-0.39, 0.29) is 97.3 Å². The van der Waals surface area contributed by atoms with Crippen LogP contribution >= 0.6 is 75.6 Å². The normalized spacial score (nSPS) is 13.4. The van der Waals surface area contributed by atoms with Crippen LogP contribution in [0.1, 0.15) is 248 Å². The van der Waals surface area contributed by atoms with E-state index in [0.29, 0.717) is 54.7 Å². The molecular formula is C104H117F3I3N4O20PS. The number of nitrogen functional groups attached to an aromatic ring is 1. The summed E-state index contributed by atoms with van der Waals surface area (Å²) in [6.07, 6.45) is 5.22. The van der Waals surface area contributed by atoms with Crippen LogP contribution in [0.3, 0.4) is 0 Å². The van der Waals surface area contributed by atoms with E-state index in [1.807, 2.05) is 94.6 Å². The highest BCUT2D eigenvalue weighted by Gasteiger charge is 2.42. The number of ketones is 4. The maximum absolute atomic E-state index is 13.1. The summed E-state index contributed by atoms with van der Waals surface area (Å²) in [5, 5.41) is 23.0. The molecule has 0 radical (unpaired) electrons. The average molecular weight is 2240 g/mol. The molecule has 4 amide bonds. The number of hydrogen-bond acceptors (Lipinski definition) is 18. The van der Waals surface area contributed by atoms with Gasteiger partial charge >= 0.3 is 19.8 Å². The van der Waals surface area contributed by atoms with Gasteiger partial charge in [-0.2, -0.15) is 0 Å². The Kier molecular flexibility index (Phi) is 43.0. The second kappa shape index (κ2) is 51.4. The number of rotatable bonds is 29. The first-order valence-electron chi connectivity index (χ1n) is 43.7. The number of nitrogens with zero attached hydrogens (tertiary/aromatic N) is 1. The number of Topliss-reactive ketones (excluding diaryl/α,β-unsaturated/α-hetero) is 4. The fourth-order valence-electron chi connectivity index (χ4n) is 13.3. The molecule has 24 nitrogen and oxygen atoms in total. The Balaban J connectivity index is 0.000000249. The van der Waals surface area contributed by atoms with Crippen molar-refractivity contribution in [1.29, 1.82) is 0 Å². The standard InChI is InChI=1S/C28H39NO3.C21H34O2.C18H15NO3.C12H11O4P.C9H6I3NO3.C8H6F3NO2.C8H6O3S/c1-9-24(26(31)29-22-14-12-13-20(17-22)19(4)30)32-25-16-15-21(27(5,6)10-2)18-23(25)28(7,8)11-3;1-8-20(4,5)17-12-13-19(23-14-10-11-16(3)22)18(15-17)21(6,7)9-2;20-15-11-16(21)19(12-13-7-3-1-4-8-13)18(22)17(15)14-9-5-2-6-10-14;13-17(14,15-11-7-3-1-4-8-11)16-12-9-5-2-6-10-12;1-3(14)13-8-5(11)2-4(10)6(7(8)12)9(15)16;1-2-4(9)3(8(13)14)5(10)6(11)7(2)12;9-7-5-12(10,11)8-4-2-1-3-6(7)8/h12-18,24H,9-11H2,1-8H3,(H,29,31);12-13,15H,8-11,14H2,1-7H3;1-10,17H,11-12H2;1-10H,(H,13,14);2H,1H3,(H,13,14)(H,15,16);12H2,1H3,(H,13,14);1-4H,5H2. The number of nitrogens with one attached hydrogen (secondary N) is 2. The second-order valence-corrected chi connectivity index (χ2v) is 41.1. The minimum absolute atomic E-state index is 0.0362. The highest BCUT2D eigenvalue weighted by atomic mass is 127. The monoisotopic (exact) mass is 2240 g/mol. The summed E-state index contributed by atoms with van der Waals surface area (Å²) in [6.45, 7) is 35.2. The minimum Gasteiger partial charge on any atom is -0.493 e. The molecule has 1 saturated heterocycles. The number of halogens is 6. The number of fused-ring (bicyclic) bond motifs is 1. The van der Waals surface area contributed by atoms with Gasteiger partial charge in [-0.25, -0.2) is 35.7 Å². The van der Waals surface area contributed by atoms with E-state index in [1.165, 1.54) is 41.5 Å². The number of phosphoric acid groups is 1. The van der Waals surface area contributed by atoms with E-state index in [1.54, 1.807) is 140 Å². The van der Waals surface area contributed by atoms with Crippen LogP contribution in [-0.2, 0) is 71.4 Å². The molecule has 726 valence electrons. The molecule has 2 aliphatic heterocycles. The first-order valence-corrected chi connectivity index (χ1v) is 50.1. The molecule has 1 fully saturated rings. The molecule has 32 heteroatoms. The molecule has 2 unspecified atom stereocenters. The van der Waals surface area contributed by atoms with Crippen molar-refractivity contribution in [3.05, 3.63) is 302 Å². The van der Waals surface area contributed by atoms with Gasteiger partial charge in [0.05, 0.1) is 45.0 Å². The van der Waals surface area contributed by atoms with Gasteiger partial charge < -0.3 is 49.9 Å². The van der Waals surface area contributed by atoms with E-state index >= 15 is 0 Å². The van der Waals surface area contributed by atoms with Crippen molar-refractivity contribution < 1.29 is 108 Å². The Hall–Kier alpha value is -11.0. The molecule has 0 bridgehead atoms. The molecule has 10 aromatic carbocycles. The van der Waals surface area contributed by atoms with Crippen LogP contribution in [0.5, 0.6) is 23.0 Å². The number of carbonyl (C=O) groups is 10. The van der Waals surface area contributed by atoms with Gasteiger partial charge in [0.25, 0.3) is 5.91 Å². The highest BCUT2D eigenvalue weighted by molar-refractivity contribution is 14.1. The predicted octanol–water partition coefficient (Wildman–Crippen LogP) is 23.9. The van der Waals surface area contributed by atoms with Crippen molar-refractivity contribution in [2.45, 2.75) is 214 Å². The molecule has 10 aromatic rings. The largest absolute Gasteiger partial charge is 0.584 e. The Morgan fingerprint density at radius 3 is 1.54 bits per heavy atom. The first-order chi connectivity index (χ1) is 63.7. The number of imide groups is 1. The number of sulfone groups is 1. The maximum atomic E-state index is 13.1.